The Bertz CT molecular complexity index is 916. The summed E-state index contributed by atoms with van der Waals surface area (Å²) >= 11 is 0. The summed E-state index contributed by atoms with van der Waals surface area (Å²) in [4.78, 5) is 22.4. The van der Waals surface area contributed by atoms with E-state index in [1.54, 1.807) is 18.2 Å². The highest BCUT2D eigenvalue weighted by Crippen LogP contribution is 2.22. The smallest absolute Gasteiger partial charge is 0.209 e. The lowest BCUT2D eigenvalue weighted by Gasteiger charge is -2.05. The van der Waals surface area contributed by atoms with E-state index in [1.165, 1.54) is 6.26 Å². The summed E-state index contributed by atoms with van der Waals surface area (Å²) in [5.41, 5.74) is 4.45. The van der Waals surface area contributed by atoms with E-state index in [4.69, 9.17) is 9.25 Å². The second kappa shape index (κ2) is 5.13. The molecule has 5 nitrogen and oxygen atoms in total. The third-order valence-electron chi connectivity index (χ3n) is 3.53. The fourth-order valence-electron chi connectivity index (χ4n) is 2.41. The van der Waals surface area contributed by atoms with Crippen molar-refractivity contribution in [2.24, 2.45) is 4.99 Å². The van der Waals surface area contributed by atoms with Gasteiger partial charge in [-0.3, -0.25) is 4.79 Å². The zero-order valence-electron chi connectivity index (χ0n) is 11.5. The molecule has 5 heteroatoms. The Balaban J connectivity index is 1.76. The molecule has 3 aromatic rings. The van der Waals surface area contributed by atoms with Crippen LogP contribution in [0.4, 0.5) is 0 Å². The summed E-state index contributed by atoms with van der Waals surface area (Å²) in [7, 11) is 0. The summed E-state index contributed by atoms with van der Waals surface area (Å²) < 4.78 is 5.50. The van der Waals surface area contributed by atoms with Gasteiger partial charge in [-0.2, -0.15) is 0 Å². The molecule has 22 heavy (non-hydrogen) atoms. The molecule has 0 saturated carbocycles. The van der Waals surface area contributed by atoms with Gasteiger partial charge in [0.2, 0.25) is 11.7 Å². The van der Waals surface area contributed by atoms with Crippen LogP contribution < -0.4 is 10.9 Å². The number of fused-ring (bicyclic) bond motifs is 1. The van der Waals surface area contributed by atoms with E-state index >= 15 is 0 Å². The van der Waals surface area contributed by atoms with Crippen LogP contribution in [0.15, 0.2) is 75.1 Å². The van der Waals surface area contributed by atoms with Crippen molar-refractivity contribution in [3.8, 4) is 0 Å². The van der Waals surface area contributed by atoms with Crippen molar-refractivity contribution in [2.45, 2.75) is 6.23 Å². The molecule has 1 aromatic heterocycles. The average Bonchev–Trinajstić information content (AvgIpc) is 3.06. The fourth-order valence-corrected chi connectivity index (χ4v) is 2.41. The van der Waals surface area contributed by atoms with Gasteiger partial charge in [-0.25, -0.2) is 15.3 Å². The Hall–Kier alpha value is -2.92. The molecule has 0 fully saturated rings. The molecule has 2 heterocycles. The van der Waals surface area contributed by atoms with Gasteiger partial charge in [0.1, 0.15) is 11.8 Å². The predicted octanol–water partition coefficient (Wildman–Crippen LogP) is 2.77. The fraction of sp³-hybridized carbons (Fsp3) is 0.0588. The number of nitrogens with one attached hydrogen (secondary N) is 1. The number of para-hydroxylation sites is 1. The van der Waals surface area contributed by atoms with E-state index in [2.05, 4.69) is 10.5 Å². The minimum absolute atomic E-state index is 0.133. The molecule has 0 spiro atoms. The predicted molar refractivity (Wildman–Crippen MR) is 82.4 cm³/mol. The Morgan fingerprint density at radius 3 is 2.64 bits per heavy atom. The second-order valence-electron chi connectivity index (χ2n) is 4.93. The second-order valence-corrected chi connectivity index (χ2v) is 4.93. The number of benzene rings is 2. The molecule has 1 aliphatic heterocycles. The maximum atomic E-state index is 12.5. The molecule has 4 rings (SSSR count). The normalized spacial score (nSPS) is 17.3. The number of hydroxylamine groups is 1. The highest BCUT2D eigenvalue weighted by atomic mass is 16.7. The number of rotatable bonds is 2. The first-order valence-electron chi connectivity index (χ1n) is 6.88. The van der Waals surface area contributed by atoms with Gasteiger partial charge in [0.25, 0.3) is 0 Å². The first-order valence-corrected chi connectivity index (χ1v) is 6.88. The van der Waals surface area contributed by atoms with Gasteiger partial charge in [-0.1, -0.05) is 42.5 Å². The Labute approximate surface area is 125 Å². The third kappa shape index (κ3) is 2.08. The topological polar surface area (TPSA) is 63.8 Å². The van der Waals surface area contributed by atoms with Crippen LogP contribution in [0.5, 0.6) is 0 Å². The molecule has 1 aliphatic rings. The number of aliphatic imine (C=N–C) groups is 1. The van der Waals surface area contributed by atoms with Crippen LogP contribution in [0.25, 0.3) is 11.0 Å². The molecule has 0 unspecified atom stereocenters. The van der Waals surface area contributed by atoms with Crippen molar-refractivity contribution < 1.29 is 9.25 Å². The van der Waals surface area contributed by atoms with E-state index in [0.717, 1.165) is 5.56 Å². The molecule has 0 saturated heterocycles. The van der Waals surface area contributed by atoms with Crippen molar-refractivity contribution in [1.82, 2.24) is 5.48 Å². The van der Waals surface area contributed by atoms with E-state index < -0.39 is 6.23 Å². The van der Waals surface area contributed by atoms with Gasteiger partial charge in [0.05, 0.1) is 10.9 Å². The number of hydrogen-bond acceptors (Lipinski definition) is 5. The average molecular weight is 292 g/mol. The van der Waals surface area contributed by atoms with Crippen molar-refractivity contribution in [2.75, 3.05) is 0 Å². The third-order valence-corrected chi connectivity index (χ3v) is 3.53. The largest absolute Gasteiger partial charge is 0.464 e. The van der Waals surface area contributed by atoms with Gasteiger partial charge in [-0.15, -0.1) is 0 Å². The van der Waals surface area contributed by atoms with Crippen LogP contribution in [0, 0.1) is 0 Å². The molecule has 0 bridgehead atoms. The van der Waals surface area contributed by atoms with Crippen molar-refractivity contribution >= 4 is 16.8 Å². The molecule has 0 aliphatic carbocycles. The molecule has 0 radical (unpaired) electrons. The van der Waals surface area contributed by atoms with Crippen LogP contribution in [0.1, 0.15) is 17.4 Å². The number of amidine groups is 1. The lowest BCUT2D eigenvalue weighted by atomic mass is 10.1. The molecule has 2 aromatic carbocycles. The quantitative estimate of drug-likeness (QED) is 0.789. The van der Waals surface area contributed by atoms with Gasteiger partial charge in [0, 0.05) is 5.56 Å². The van der Waals surface area contributed by atoms with Crippen molar-refractivity contribution in [3.63, 3.8) is 0 Å². The van der Waals surface area contributed by atoms with Crippen molar-refractivity contribution in [3.05, 3.63) is 82.2 Å². The minimum Gasteiger partial charge on any atom is -0.464 e. The Morgan fingerprint density at radius 2 is 1.77 bits per heavy atom. The van der Waals surface area contributed by atoms with Crippen LogP contribution in [0.2, 0.25) is 0 Å². The number of nitrogens with zero attached hydrogens (tertiary/aromatic N) is 1. The van der Waals surface area contributed by atoms with E-state index in [9.17, 15) is 4.79 Å². The van der Waals surface area contributed by atoms with Crippen LogP contribution in [-0.4, -0.2) is 5.84 Å². The molecular weight excluding hydrogens is 280 g/mol. The summed E-state index contributed by atoms with van der Waals surface area (Å²) in [6, 6.07) is 16.7. The standard InChI is InChI=1S/C17H12N2O3/c20-15-12-8-4-5-9-14(12)21-10-13(15)17-18-16(19-22-17)11-6-2-1-3-7-11/h1-10,17H,(H,18,19)/t17-/m0/s1. The lowest BCUT2D eigenvalue weighted by Crippen LogP contribution is -2.19. The monoisotopic (exact) mass is 292 g/mol. The van der Waals surface area contributed by atoms with Gasteiger partial charge >= 0.3 is 0 Å². The van der Waals surface area contributed by atoms with Gasteiger partial charge in [-0.05, 0) is 12.1 Å². The zero-order valence-corrected chi connectivity index (χ0v) is 11.5. The van der Waals surface area contributed by atoms with E-state index in [1.807, 2.05) is 36.4 Å². The highest BCUT2D eigenvalue weighted by Gasteiger charge is 2.24. The van der Waals surface area contributed by atoms with E-state index in [-0.39, 0.29) is 5.43 Å². The number of hydrogen-bond donors (Lipinski definition) is 1. The minimum atomic E-state index is -0.712. The van der Waals surface area contributed by atoms with Crippen molar-refractivity contribution in [1.29, 1.82) is 0 Å². The first-order chi connectivity index (χ1) is 10.8. The first kappa shape index (κ1) is 12.8. The van der Waals surface area contributed by atoms with E-state index in [0.29, 0.717) is 22.4 Å². The van der Waals surface area contributed by atoms with Crippen LogP contribution >= 0.6 is 0 Å². The van der Waals surface area contributed by atoms with Crippen LogP contribution in [0.3, 0.4) is 0 Å². The molecule has 0 amide bonds. The highest BCUT2D eigenvalue weighted by molar-refractivity contribution is 5.98. The summed E-state index contributed by atoms with van der Waals surface area (Å²) in [5, 5.41) is 0.520. The molecule has 1 N–H and O–H groups in total. The summed E-state index contributed by atoms with van der Waals surface area (Å²) in [5.74, 6) is 0.596. The summed E-state index contributed by atoms with van der Waals surface area (Å²) in [6.07, 6.45) is 0.699. The Morgan fingerprint density at radius 1 is 1.00 bits per heavy atom. The lowest BCUT2D eigenvalue weighted by molar-refractivity contribution is 0.0362. The Kier molecular flexibility index (Phi) is 2.98. The van der Waals surface area contributed by atoms with Gasteiger partial charge in [0.15, 0.2) is 5.84 Å². The summed E-state index contributed by atoms with van der Waals surface area (Å²) in [6.45, 7) is 0. The zero-order chi connectivity index (χ0) is 14.9. The van der Waals surface area contributed by atoms with Crippen LogP contribution in [-0.2, 0) is 4.84 Å². The molecule has 1 atom stereocenters. The molecule has 108 valence electrons. The SMILES string of the molecule is O=c1c([C@H]2N=C(c3ccccc3)NO2)coc2ccccc12. The molecular formula is C17H12N2O3. The maximum Gasteiger partial charge on any atom is 0.209 e. The van der Waals surface area contributed by atoms with Gasteiger partial charge < -0.3 is 4.42 Å². The maximum absolute atomic E-state index is 12.5.